The molecule has 0 radical (unpaired) electrons. The average Bonchev–Trinajstić information content (AvgIpc) is 2.15. The molecule has 0 fully saturated rings. The van der Waals surface area contributed by atoms with Gasteiger partial charge in [-0.2, -0.15) is 0 Å². The topological polar surface area (TPSA) is 29.1 Å². The second-order valence-electron chi connectivity index (χ2n) is 4.06. The number of fused-ring (bicyclic) bond motifs is 1. The van der Waals surface area contributed by atoms with Gasteiger partial charge >= 0.3 is 0 Å². The highest BCUT2D eigenvalue weighted by Crippen LogP contribution is 2.35. The first-order chi connectivity index (χ1) is 7.54. The molecule has 0 saturated carbocycles. The number of nitrogens with one attached hydrogen (secondary N) is 1. The largest absolute Gasteiger partial charge is 0.313 e. The molecule has 0 aromatic heterocycles. The fourth-order valence-corrected chi connectivity index (χ4v) is 3.78. The van der Waals surface area contributed by atoms with Gasteiger partial charge in [-0.1, -0.05) is 6.92 Å². The fraction of sp³-hybridized carbons (Fsp3) is 0.455. The summed E-state index contributed by atoms with van der Waals surface area (Å²) in [5.41, 5.74) is 0.483. The van der Waals surface area contributed by atoms with Gasteiger partial charge in [0.2, 0.25) is 0 Å². The Bertz CT molecular complexity index is 450. The van der Waals surface area contributed by atoms with E-state index in [0.717, 1.165) is 6.07 Å². The first-order valence-corrected chi connectivity index (χ1v) is 6.41. The molecule has 0 bridgehead atoms. The van der Waals surface area contributed by atoms with Gasteiger partial charge in [0.05, 0.1) is 15.7 Å². The molecule has 0 aliphatic carbocycles. The molecule has 5 heteroatoms. The van der Waals surface area contributed by atoms with Crippen molar-refractivity contribution in [1.82, 2.24) is 5.32 Å². The van der Waals surface area contributed by atoms with Gasteiger partial charge in [-0.05, 0) is 24.6 Å². The zero-order chi connectivity index (χ0) is 11.9. The lowest BCUT2D eigenvalue weighted by Crippen LogP contribution is -2.33. The molecule has 1 aliphatic rings. The summed E-state index contributed by atoms with van der Waals surface area (Å²) >= 11 is 0. The van der Waals surface area contributed by atoms with Crippen LogP contribution in [0.5, 0.6) is 0 Å². The van der Waals surface area contributed by atoms with Crippen molar-refractivity contribution in [2.24, 2.45) is 5.92 Å². The van der Waals surface area contributed by atoms with Crippen molar-refractivity contribution >= 4 is 10.8 Å². The van der Waals surface area contributed by atoms with Gasteiger partial charge in [-0.25, -0.2) is 8.78 Å². The molecule has 1 heterocycles. The van der Waals surface area contributed by atoms with Crippen LogP contribution in [-0.2, 0) is 10.8 Å². The normalized spacial score (nSPS) is 28.9. The maximum atomic E-state index is 13.6. The zero-order valence-corrected chi connectivity index (χ0v) is 9.91. The lowest BCUT2D eigenvalue weighted by molar-refractivity contribution is 0.419. The third kappa shape index (κ3) is 1.78. The van der Waals surface area contributed by atoms with E-state index in [2.05, 4.69) is 5.32 Å². The lowest BCUT2D eigenvalue weighted by Gasteiger charge is -2.30. The van der Waals surface area contributed by atoms with Crippen LogP contribution in [0.15, 0.2) is 17.0 Å². The summed E-state index contributed by atoms with van der Waals surface area (Å²) in [6, 6.07) is 1.92. The summed E-state index contributed by atoms with van der Waals surface area (Å²) < 4.78 is 38.5. The van der Waals surface area contributed by atoms with Crippen molar-refractivity contribution < 1.29 is 13.0 Å². The number of hydrogen-bond donors (Lipinski definition) is 1. The van der Waals surface area contributed by atoms with Crippen LogP contribution >= 0.6 is 0 Å². The van der Waals surface area contributed by atoms with E-state index in [4.69, 9.17) is 0 Å². The van der Waals surface area contributed by atoms with Gasteiger partial charge in [0.15, 0.2) is 0 Å². The Balaban J connectivity index is 2.63. The van der Waals surface area contributed by atoms with E-state index in [-0.39, 0.29) is 16.9 Å². The Morgan fingerprint density at radius 3 is 2.75 bits per heavy atom. The molecule has 3 unspecified atom stereocenters. The molecule has 3 atom stereocenters. The van der Waals surface area contributed by atoms with Gasteiger partial charge in [0.1, 0.15) is 11.6 Å². The number of benzene rings is 1. The van der Waals surface area contributed by atoms with Crippen LogP contribution in [0.2, 0.25) is 0 Å². The van der Waals surface area contributed by atoms with E-state index in [1.54, 1.807) is 7.05 Å². The number of halogens is 2. The summed E-state index contributed by atoms with van der Waals surface area (Å²) in [7, 11) is 0.369. The molecule has 0 saturated heterocycles. The van der Waals surface area contributed by atoms with E-state index in [9.17, 15) is 13.0 Å². The Hall–Kier alpha value is -0.810. The predicted molar refractivity (Wildman–Crippen MR) is 58.6 cm³/mol. The van der Waals surface area contributed by atoms with Crippen LogP contribution in [0, 0.1) is 17.6 Å². The molecule has 0 spiro atoms. The molecule has 1 aromatic carbocycles. The molecular formula is C11H13F2NOS. The first-order valence-electron chi connectivity index (χ1n) is 5.09. The Morgan fingerprint density at radius 1 is 1.44 bits per heavy atom. The molecular weight excluding hydrogens is 232 g/mol. The maximum Gasteiger partial charge on any atom is 0.142 e. The van der Waals surface area contributed by atoms with E-state index >= 15 is 0 Å². The van der Waals surface area contributed by atoms with Gasteiger partial charge in [-0.3, -0.25) is 4.21 Å². The van der Waals surface area contributed by atoms with Crippen molar-refractivity contribution in [2.75, 3.05) is 12.8 Å². The van der Waals surface area contributed by atoms with Gasteiger partial charge in [-0.15, -0.1) is 0 Å². The van der Waals surface area contributed by atoms with Crippen molar-refractivity contribution in [3.05, 3.63) is 29.3 Å². The van der Waals surface area contributed by atoms with Crippen LogP contribution in [-0.4, -0.2) is 17.0 Å². The summed E-state index contributed by atoms with van der Waals surface area (Å²) in [5.74, 6) is -0.830. The van der Waals surface area contributed by atoms with Crippen LogP contribution < -0.4 is 5.32 Å². The minimum atomic E-state index is -1.37. The fourth-order valence-electron chi connectivity index (χ4n) is 2.22. The van der Waals surface area contributed by atoms with Crippen LogP contribution in [0.3, 0.4) is 0 Å². The smallest absolute Gasteiger partial charge is 0.142 e. The van der Waals surface area contributed by atoms with Crippen LogP contribution in [0.25, 0.3) is 0 Å². The highest BCUT2D eigenvalue weighted by Gasteiger charge is 2.32. The van der Waals surface area contributed by atoms with Gasteiger partial charge in [0, 0.05) is 17.9 Å². The molecule has 88 valence electrons. The van der Waals surface area contributed by atoms with Crippen molar-refractivity contribution in [3.8, 4) is 0 Å². The lowest BCUT2D eigenvalue weighted by atomic mass is 9.95. The zero-order valence-electron chi connectivity index (χ0n) is 9.09. The standard InChI is InChI=1S/C11H13F2NOS/c1-6-5-16(15)11-8(10(6)14-2)3-7(12)4-9(11)13/h3-4,6,10,14H,5H2,1-2H3. The van der Waals surface area contributed by atoms with Gasteiger partial charge in [0.25, 0.3) is 0 Å². The molecule has 1 N–H and O–H groups in total. The van der Waals surface area contributed by atoms with Gasteiger partial charge < -0.3 is 5.32 Å². The van der Waals surface area contributed by atoms with Crippen molar-refractivity contribution in [2.45, 2.75) is 17.9 Å². The Kier molecular flexibility index (Phi) is 3.08. The quantitative estimate of drug-likeness (QED) is 0.819. The third-order valence-electron chi connectivity index (χ3n) is 2.89. The number of hydrogen-bond acceptors (Lipinski definition) is 2. The molecule has 1 aliphatic heterocycles. The molecule has 16 heavy (non-hydrogen) atoms. The van der Waals surface area contributed by atoms with Crippen LogP contribution in [0.1, 0.15) is 18.5 Å². The average molecular weight is 245 g/mol. The third-order valence-corrected chi connectivity index (χ3v) is 4.61. The second kappa shape index (κ2) is 4.22. The minimum Gasteiger partial charge on any atom is -0.313 e. The number of rotatable bonds is 1. The summed E-state index contributed by atoms with van der Waals surface area (Å²) in [6.07, 6.45) is 0. The van der Waals surface area contributed by atoms with Crippen molar-refractivity contribution in [1.29, 1.82) is 0 Å². The predicted octanol–water partition coefficient (Wildman–Crippen LogP) is 1.98. The second-order valence-corrected chi connectivity index (χ2v) is 5.49. The van der Waals surface area contributed by atoms with E-state index < -0.39 is 22.4 Å². The highest BCUT2D eigenvalue weighted by atomic mass is 32.2. The molecule has 0 amide bonds. The summed E-state index contributed by atoms with van der Waals surface area (Å²) in [5, 5.41) is 3.02. The van der Waals surface area contributed by atoms with E-state index in [1.807, 2.05) is 6.92 Å². The minimum absolute atomic E-state index is 0.0968. The highest BCUT2D eigenvalue weighted by molar-refractivity contribution is 7.85. The molecule has 1 aromatic rings. The molecule has 2 nitrogen and oxygen atoms in total. The van der Waals surface area contributed by atoms with Crippen LogP contribution in [0.4, 0.5) is 8.78 Å². The summed E-state index contributed by atoms with van der Waals surface area (Å²) in [4.78, 5) is 0.152. The van der Waals surface area contributed by atoms with E-state index in [0.29, 0.717) is 11.3 Å². The Labute approximate surface area is 95.5 Å². The van der Waals surface area contributed by atoms with E-state index in [1.165, 1.54) is 6.07 Å². The maximum absolute atomic E-state index is 13.6. The first kappa shape index (κ1) is 11.7. The van der Waals surface area contributed by atoms with Crippen molar-refractivity contribution in [3.63, 3.8) is 0 Å². The molecule has 2 rings (SSSR count). The summed E-state index contributed by atoms with van der Waals surface area (Å²) in [6.45, 7) is 1.92. The Morgan fingerprint density at radius 2 is 2.12 bits per heavy atom. The monoisotopic (exact) mass is 245 g/mol. The SMILES string of the molecule is CNC1c2cc(F)cc(F)c2S(=O)CC1C.